The molecule has 0 spiro atoms. The van der Waals surface area contributed by atoms with E-state index in [0.717, 1.165) is 11.1 Å². The number of rotatable bonds is 7. The van der Waals surface area contributed by atoms with Crippen LogP contribution in [0.5, 0.6) is 0 Å². The molecule has 0 unspecified atom stereocenters. The molecule has 3 rings (SSSR count). The molecular weight excluding hydrogens is 424 g/mol. The molecule has 0 fully saturated rings. The number of hydrogen-bond donors (Lipinski definition) is 0. The first kappa shape index (κ1) is 23.6. The number of hydrogen-bond acceptors (Lipinski definition) is 4. The van der Waals surface area contributed by atoms with E-state index < -0.39 is 23.1 Å². The van der Waals surface area contributed by atoms with E-state index in [1.165, 1.54) is 0 Å². The summed E-state index contributed by atoms with van der Waals surface area (Å²) < 4.78 is 11.5. The van der Waals surface area contributed by atoms with Crippen molar-refractivity contribution in [1.82, 2.24) is 0 Å². The van der Waals surface area contributed by atoms with Crippen LogP contribution in [-0.4, -0.2) is 17.5 Å². The summed E-state index contributed by atoms with van der Waals surface area (Å²) in [5, 5.41) is 0.472. The van der Waals surface area contributed by atoms with Gasteiger partial charge in [0.1, 0.15) is 5.60 Å². The van der Waals surface area contributed by atoms with Gasteiger partial charge >= 0.3 is 11.9 Å². The summed E-state index contributed by atoms with van der Waals surface area (Å²) in [4.78, 5) is 25.2. The van der Waals surface area contributed by atoms with Gasteiger partial charge in [-0.2, -0.15) is 0 Å². The predicted molar refractivity (Wildman–Crippen MR) is 125 cm³/mol. The first-order valence-electron chi connectivity index (χ1n) is 10.5. The second kappa shape index (κ2) is 10.0. The molecule has 0 heterocycles. The maximum Gasteiger partial charge on any atom is 0.307 e. The van der Waals surface area contributed by atoms with Gasteiger partial charge in [0.25, 0.3) is 0 Å². The summed E-state index contributed by atoms with van der Waals surface area (Å²) in [6.45, 7) is 5.36. The van der Waals surface area contributed by atoms with E-state index >= 15 is 0 Å². The highest BCUT2D eigenvalue weighted by Crippen LogP contribution is 2.43. The van der Waals surface area contributed by atoms with E-state index in [1.54, 1.807) is 26.8 Å². The van der Waals surface area contributed by atoms with Gasteiger partial charge in [0.2, 0.25) is 0 Å². The van der Waals surface area contributed by atoms with E-state index in [-0.39, 0.29) is 12.8 Å². The first-order chi connectivity index (χ1) is 15.2. The molecule has 0 aliphatic heterocycles. The molecule has 0 bridgehead atoms. The summed E-state index contributed by atoms with van der Waals surface area (Å²) in [6.07, 6.45) is -0.181. The summed E-state index contributed by atoms with van der Waals surface area (Å²) in [6, 6.07) is 26.3. The van der Waals surface area contributed by atoms with Crippen LogP contribution in [-0.2, 0) is 24.7 Å². The van der Waals surface area contributed by atoms with E-state index in [0.29, 0.717) is 10.6 Å². The van der Waals surface area contributed by atoms with Crippen LogP contribution in [0, 0.1) is 0 Å². The van der Waals surface area contributed by atoms with Crippen molar-refractivity contribution in [2.45, 2.75) is 44.8 Å². The van der Waals surface area contributed by atoms with Crippen LogP contribution in [0.3, 0.4) is 0 Å². The molecule has 32 heavy (non-hydrogen) atoms. The summed E-state index contributed by atoms with van der Waals surface area (Å²) in [5.74, 6) is -0.972. The molecule has 0 aliphatic rings. The Kier molecular flexibility index (Phi) is 7.37. The van der Waals surface area contributed by atoms with Crippen LogP contribution in [0.25, 0.3) is 0 Å². The van der Waals surface area contributed by atoms with Gasteiger partial charge in [-0.15, -0.1) is 0 Å². The Bertz CT molecular complexity index is 1020. The molecule has 166 valence electrons. The summed E-state index contributed by atoms with van der Waals surface area (Å²) >= 11 is 6.63. The average molecular weight is 451 g/mol. The van der Waals surface area contributed by atoms with Crippen molar-refractivity contribution in [3.63, 3.8) is 0 Å². The zero-order chi connectivity index (χ0) is 23.2. The Hall–Kier alpha value is -3.11. The normalized spacial score (nSPS) is 11.6. The highest BCUT2D eigenvalue weighted by molar-refractivity contribution is 6.31. The van der Waals surface area contributed by atoms with Gasteiger partial charge < -0.3 is 9.47 Å². The Balaban J connectivity index is 2.04. The highest BCUT2D eigenvalue weighted by Gasteiger charge is 2.42. The molecule has 0 saturated heterocycles. The van der Waals surface area contributed by atoms with Crippen molar-refractivity contribution in [2.24, 2.45) is 0 Å². The number of carbonyl (C=O) groups excluding carboxylic acids is 2. The number of ether oxygens (including phenoxy) is 2. The minimum absolute atomic E-state index is 0.0711. The SMILES string of the molecule is CC(C)(C)OC(=O)CCC(=O)OC(c1ccccc1)(c1ccccc1)c1ccccc1Cl. The van der Waals surface area contributed by atoms with E-state index in [2.05, 4.69) is 0 Å². The predicted octanol–water partition coefficient (Wildman–Crippen LogP) is 6.30. The molecule has 0 atom stereocenters. The molecule has 0 aromatic heterocycles. The number of esters is 2. The minimum Gasteiger partial charge on any atom is -0.460 e. The lowest BCUT2D eigenvalue weighted by Gasteiger charge is -2.36. The van der Waals surface area contributed by atoms with Crippen LogP contribution >= 0.6 is 11.6 Å². The molecule has 3 aromatic rings. The van der Waals surface area contributed by atoms with Gasteiger partial charge in [0.15, 0.2) is 5.60 Å². The number of carbonyl (C=O) groups is 2. The Labute approximate surface area is 194 Å². The lowest BCUT2D eigenvalue weighted by Crippen LogP contribution is -2.36. The maximum absolute atomic E-state index is 13.1. The smallest absolute Gasteiger partial charge is 0.307 e. The Morgan fingerprint density at radius 1 is 0.688 bits per heavy atom. The maximum atomic E-state index is 13.1. The van der Waals surface area contributed by atoms with Crippen LogP contribution in [0.2, 0.25) is 5.02 Å². The van der Waals surface area contributed by atoms with Gasteiger partial charge in [-0.3, -0.25) is 9.59 Å². The summed E-state index contributed by atoms with van der Waals surface area (Å²) in [7, 11) is 0. The lowest BCUT2D eigenvalue weighted by molar-refractivity contribution is -0.161. The lowest BCUT2D eigenvalue weighted by atomic mass is 9.80. The van der Waals surface area contributed by atoms with Crippen molar-refractivity contribution < 1.29 is 19.1 Å². The van der Waals surface area contributed by atoms with Crippen molar-refractivity contribution in [3.05, 3.63) is 107 Å². The summed E-state index contributed by atoms with van der Waals surface area (Å²) in [5.41, 5.74) is 0.266. The van der Waals surface area contributed by atoms with Crippen molar-refractivity contribution in [1.29, 1.82) is 0 Å². The zero-order valence-electron chi connectivity index (χ0n) is 18.5. The van der Waals surface area contributed by atoms with Crippen LogP contribution in [0.1, 0.15) is 50.3 Å². The van der Waals surface area contributed by atoms with Crippen molar-refractivity contribution in [3.8, 4) is 0 Å². The first-order valence-corrected chi connectivity index (χ1v) is 10.9. The Morgan fingerprint density at radius 3 is 1.59 bits per heavy atom. The molecule has 0 N–H and O–H groups in total. The Morgan fingerprint density at radius 2 is 1.12 bits per heavy atom. The highest BCUT2D eigenvalue weighted by atomic mass is 35.5. The van der Waals surface area contributed by atoms with Crippen molar-refractivity contribution in [2.75, 3.05) is 0 Å². The largest absolute Gasteiger partial charge is 0.460 e. The third-order valence-corrected chi connectivity index (χ3v) is 5.16. The van der Waals surface area contributed by atoms with Crippen LogP contribution < -0.4 is 0 Å². The third kappa shape index (κ3) is 5.57. The van der Waals surface area contributed by atoms with E-state index in [1.807, 2.05) is 78.9 Å². The molecule has 0 aliphatic carbocycles. The van der Waals surface area contributed by atoms with Crippen LogP contribution in [0.4, 0.5) is 0 Å². The fourth-order valence-electron chi connectivity index (χ4n) is 3.56. The minimum atomic E-state index is -1.27. The van der Waals surface area contributed by atoms with E-state index in [4.69, 9.17) is 21.1 Å². The van der Waals surface area contributed by atoms with E-state index in [9.17, 15) is 9.59 Å². The standard InChI is InChI=1S/C27H27ClO4/c1-26(2,3)31-24(29)18-19-25(30)32-27(20-12-6-4-7-13-20,21-14-8-5-9-15-21)22-16-10-11-17-23(22)28/h4-17H,18-19H2,1-3H3. The monoisotopic (exact) mass is 450 g/mol. The topological polar surface area (TPSA) is 52.6 Å². The molecule has 0 saturated carbocycles. The molecular formula is C27H27ClO4. The molecule has 3 aromatic carbocycles. The fourth-order valence-corrected chi connectivity index (χ4v) is 3.83. The second-order valence-corrected chi connectivity index (χ2v) is 8.86. The van der Waals surface area contributed by atoms with Gasteiger partial charge in [-0.1, -0.05) is 90.5 Å². The van der Waals surface area contributed by atoms with Gasteiger partial charge in [0, 0.05) is 21.7 Å². The van der Waals surface area contributed by atoms with Gasteiger partial charge in [0.05, 0.1) is 12.8 Å². The molecule has 4 nitrogen and oxygen atoms in total. The molecule has 0 amide bonds. The number of halogens is 1. The quantitative estimate of drug-likeness (QED) is 0.313. The van der Waals surface area contributed by atoms with Crippen LogP contribution in [0.15, 0.2) is 84.9 Å². The average Bonchev–Trinajstić information content (AvgIpc) is 2.77. The van der Waals surface area contributed by atoms with Gasteiger partial charge in [-0.25, -0.2) is 0 Å². The second-order valence-electron chi connectivity index (χ2n) is 8.45. The van der Waals surface area contributed by atoms with Gasteiger partial charge in [-0.05, 0) is 26.8 Å². The molecule has 5 heteroatoms. The number of benzene rings is 3. The third-order valence-electron chi connectivity index (χ3n) is 4.83. The van der Waals surface area contributed by atoms with Crippen molar-refractivity contribution >= 4 is 23.5 Å². The molecule has 0 radical (unpaired) electrons. The fraction of sp³-hybridized carbons (Fsp3) is 0.259. The zero-order valence-corrected chi connectivity index (χ0v) is 19.3.